The highest BCUT2D eigenvalue weighted by Crippen LogP contribution is 2.23. The molecule has 1 saturated heterocycles. The zero-order valence-corrected chi connectivity index (χ0v) is 15.3. The number of amides is 1. The molecule has 1 aromatic carbocycles. The van der Waals surface area contributed by atoms with E-state index in [1.165, 1.54) is 5.69 Å². The topological polar surface area (TPSA) is 46.9 Å². The molecule has 5 nitrogen and oxygen atoms in total. The minimum absolute atomic E-state index is 0.00324. The number of nitrogens with one attached hydrogen (secondary N) is 1. The molecule has 0 spiro atoms. The highest BCUT2D eigenvalue weighted by molar-refractivity contribution is 6.30. The van der Waals surface area contributed by atoms with E-state index < -0.39 is 5.60 Å². The molecule has 0 aliphatic carbocycles. The fourth-order valence-corrected chi connectivity index (χ4v) is 3.10. The largest absolute Gasteiger partial charge is 0.478 e. The number of halogens is 1. The van der Waals surface area contributed by atoms with Crippen LogP contribution in [0.3, 0.4) is 0 Å². The van der Waals surface area contributed by atoms with Gasteiger partial charge in [-0.25, -0.2) is 4.98 Å². The molecular weight excluding hydrogens is 338 g/mol. The SMILES string of the molecule is CC(C)(Oc1ccc(Cl)cc1)C(=O)N1CCN(c2cc[nH+]cc2)CC1. The first kappa shape index (κ1) is 17.5. The Bertz CT molecular complexity index is 711. The highest BCUT2D eigenvalue weighted by atomic mass is 35.5. The van der Waals surface area contributed by atoms with Gasteiger partial charge in [-0.05, 0) is 38.1 Å². The summed E-state index contributed by atoms with van der Waals surface area (Å²) >= 11 is 5.89. The lowest BCUT2D eigenvalue weighted by atomic mass is 10.1. The van der Waals surface area contributed by atoms with Crippen LogP contribution >= 0.6 is 11.6 Å². The van der Waals surface area contributed by atoms with E-state index in [0.717, 1.165) is 13.1 Å². The molecule has 1 N–H and O–H groups in total. The van der Waals surface area contributed by atoms with Gasteiger partial charge >= 0.3 is 0 Å². The van der Waals surface area contributed by atoms with Gasteiger partial charge < -0.3 is 14.5 Å². The second-order valence-corrected chi connectivity index (χ2v) is 7.04. The maximum absolute atomic E-state index is 12.9. The third kappa shape index (κ3) is 4.23. The molecule has 0 unspecified atom stereocenters. The summed E-state index contributed by atoms with van der Waals surface area (Å²) in [5, 5.41) is 0.645. The Morgan fingerprint density at radius 2 is 1.64 bits per heavy atom. The minimum atomic E-state index is -0.919. The van der Waals surface area contributed by atoms with Gasteiger partial charge in [0.2, 0.25) is 0 Å². The van der Waals surface area contributed by atoms with Crippen molar-refractivity contribution in [1.29, 1.82) is 0 Å². The number of benzene rings is 1. The molecule has 3 rings (SSSR count). The molecule has 2 heterocycles. The number of hydrogen-bond donors (Lipinski definition) is 0. The monoisotopic (exact) mass is 360 g/mol. The van der Waals surface area contributed by atoms with Gasteiger partial charge in [0.1, 0.15) is 5.75 Å². The number of pyridine rings is 1. The van der Waals surface area contributed by atoms with Crippen LogP contribution in [0.4, 0.5) is 5.69 Å². The average molecular weight is 361 g/mol. The van der Waals surface area contributed by atoms with E-state index in [4.69, 9.17) is 16.3 Å². The first-order valence-corrected chi connectivity index (χ1v) is 8.78. The summed E-state index contributed by atoms with van der Waals surface area (Å²) in [5.74, 6) is 0.644. The van der Waals surface area contributed by atoms with Crippen LogP contribution in [0.25, 0.3) is 0 Å². The summed E-state index contributed by atoms with van der Waals surface area (Å²) in [6.07, 6.45) is 3.83. The first-order chi connectivity index (χ1) is 12.0. The van der Waals surface area contributed by atoms with E-state index in [-0.39, 0.29) is 5.91 Å². The number of aromatic nitrogens is 1. The molecule has 2 aromatic rings. The molecule has 0 saturated carbocycles. The van der Waals surface area contributed by atoms with Crippen molar-refractivity contribution in [3.8, 4) is 5.75 Å². The van der Waals surface area contributed by atoms with E-state index in [2.05, 4.69) is 9.88 Å². The molecule has 1 amide bonds. The number of anilines is 1. The van der Waals surface area contributed by atoms with Crippen LogP contribution in [0.15, 0.2) is 48.8 Å². The smallest absolute Gasteiger partial charge is 0.266 e. The Kier molecular flexibility index (Phi) is 5.13. The number of hydrogen-bond acceptors (Lipinski definition) is 3. The van der Waals surface area contributed by atoms with Crippen LogP contribution in [0.5, 0.6) is 5.75 Å². The predicted octanol–water partition coefficient (Wildman–Crippen LogP) is 2.66. The molecule has 6 heteroatoms. The summed E-state index contributed by atoms with van der Waals surface area (Å²) in [5.41, 5.74) is 0.250. The highest BCUT2D eigenvalue weighted by Gasteiger charge is 2.35. The van der Waals surface area contributed by atoms with E-state index in [0.29, 0.717) is 23.9 Å². The van der Waals surface area contributed by atoms with Crippen LogP contribution in [0.2, 0.25) is 5.02 Å². The molecule has 0 atom stereocenters. The molecule has 25 heavy (non-hydrogen) atoms. The summed E-state index contributed by atoms with van der Waals surface area (Å²) in [7, 11) is 0. The third-order valence-corrected chi connectivity index (χ3v) is 4.59. The van der Waals surface area contributed by atoms with Gasteiger partial charge in [0, 0.05) is 49.0 Å². The number of carbonyl (C=O) groups is 1. The molecule has 1 aromatic heterocycles. The molecule has 0 radical (unpaired) electrons. The van der Waals surface area contributed by atoms with Crippen molar-refractivity contribution >= 4 is 23.2 Å². The molecular formula is C19H23ClN3O2+. The van der Waals surface area contributed by atoms with E-state index in [1.54, 1.807) is 24.3 Å². The number of nitrogens with zero attached hydrogens (tertiary/aromatic N) is 2. The normalized spacial score (nSPS) is 15.2. The van der Waals surface area contributed by atoms with Gasteiger partial charge in [0.25, 0.3) is 5.91 Å². The van der Waals surface area contributed by atoms with Crippen molar-refractivity contribution in [2.24, 2.45) is 0 Å². The van der Waals surface area contributed by atoms with Gasteiger partial charge in [-0.1, -0.05) is 11.6 Å². The van der Waals surface area contributed by atoms with Gasteiger partial charge in [0.15, 0.2) is 18.0 Å². The second-order valence-electron chi connectivity index (χ2n) is 6.60. The molecule has 1 aliphatic heterocycles. The predicted molar refractivity (Wildman–Crippen MR) is 97.9 cm³/mol. The maximum Gasteiger partial charge on any atom is 0.266 e. The van der Waals surface area contributed by atoms with Gasteiger partial charge in [-0.3, -0.25) is 4.79 Å². The number of ether oxygens (including phenoxy) is 1. The van der Waals surface area contributed by atoms with Crippen LogP contribution in [0.1, 0.15) is 13.8 Å². The number of H-pyrrole nitrogens is 1. The standard InChI is InChI=1S/C19H22ClN3O2/c1-19(2,25-17-5-3-15(20)4-6-17)18(24)23-13-11-22(12-14-23)16-7-9-21-10-8-16/h3-10H,11-14H2,1-2H3/p+1. The third-order valence-electron chi connectivity index (χ3n) is 4.33. The average Bonchev–Trinajstić information content (AvgIpc) is 2.64. The van der Waals surface area contributed by atoms with Crippen LogP contribution in [-0.2, 0) is 4.79 Å². The maximum atomic E-state index is 12.9. The van der Waals surface area contributed by atoms with Crippen molar-refractivity contribution in [3.63, 3.8) is 0 Å². The summed E-state index contributed by atoms with van der Waals surface area (Å²) in [4.78, 5) is 20.1. The molecule has 1 aliphatic rings. The zero-order chi connectivity index (χ0) is 17.9. The minimum Gasteiger partial charge on any atom is -0.478 e. The molecule has 1 fully saturated rings. The lowest BCUT2D eigenvalue weighted by molar-refractivity contribution is -0.377. The van der Waals surface area contributed by atoms with Gasteiger partial charge in [-0.15, -0.1) is 0 Å². The summed E-state index contributed by atoms with van der Waals surface area (Å²) < 4.78 is 5.92. The van der Waals surface area contributed by atoms with Crippen LogP contribution < -0.4 is 14.6 Å². The number of rotatable bonds is 4. The van der Waals surface area contributed by atoms with Gasteiger partial charge in [-0.2, -0.15) is 0 Å². The fourth-order valence-electron chi connectivity index (χ4n) is 2.98. The Morgan fingerprint density at radius 1 is 1.04 bits per heavy atom. The lowest BCUT2D eigenvalue weighted by Gasteiger charge is -2.39. The van der Waals surface area contributed by atoms with Crippen molar-refractivity contribution in [1.82, 2.24) is 4.90 Å². The van der Waals surface area contributed by atoms with Crippen LogP contribution in [0, 0.1) is 0 Å². The van der Waals surface area contributed by atoms with Crippen LogP contribution in [-0.4, -0.2) is 42.6 Å². The Morgan fingerprint density at radius 3 is 2.24 bits per heavy atom. The van der Waals surface area contributed by atoms with Crippen molar-refractivity contribution < 1.29 is 14.5 Å². The lowest BCUT2D eigenvalue weighted by Crippen LogP contribution is -2.55. The van der Waals surface area contributed by atoms with Gasteiger partial charge in [0.05, 0.1) is 0 Å². The molecule has 0 bridgehead atoms. The zero-order valence-electron chi connectivity index (χ0n) is 14.5. The van der Waals surface area contributed by atoms with E-state index in [9.17, 15) is 4.79 Å². The van der Waals surface area contributed by atoms with E-state index in [1.807, 2.05) is 43.3 Å². The first-order valence-electron chi connectivity index (χ1n) is 8.41. The van der Waals surface area contributed by atoms with Crippen molar-refractivity contribution in [2.45, 2.75) is 19.4 Å². The van der Waals surface area contributed by atoms with Crippen molar-refractivity contribution in [3.05, 3.63) is 53.8 Å². The second kappa shape index (κ2) is 7.31. The summed E-state index contributed by atoms with van der Waals surface area (Å²) in [6.45, 7) is 6.61. The number of piperazine rings is 1. The number of carbonyl (C=O) groups excluding carboxylic acids is 1. The van der Waals surface area contributed by atoms with E-state index >= 15 is 0 Å². The Hall–Kier alpha value is -2.27. The van der Waals surface area contributed by atoms with Crippen molar-refractivity contribution in [2.75, 3.05) is 31.1 Å². The fraction of sp³-hybridized carbons (Fsp3) is 0.368. The summed E-state index contributed by atoms with van der Waals surface area (Å²) in [6, 6.07) is 11.2. The Balaban J connectivity index is 1.60. The quantitative estimate of drug-likeness (QED) is 0.842. The molecule has 132 valence electrons. The number of aromatic amines is 1. The Labute approximate surface area is 153 Å².